The van der Waals surface area contributed by atoms with Crippen molar-refractivity contribution in [1.29, 1.82) is 0 Å². The molecule has 1 saturated carbocycles. The molecule has 0 nitrogen and oxygen atoms in total. The van der Waals surface area contributed by atoms with Crippen LogP contribution in [0.3, 0.4) is 0 Å². The molecule has 0 aromatic heterocycles. The fourth-order valence-electron chi connectivity index (χ4n) is 2.80. The third-order valence-electron chi connectivity index (χ3n) is 3.64. The minimum Gasteiger partial charge on any atom is -0.171 e. The molecule has 3 atom stereocenters. The van der Waals surface area contributed by atoms with Gasteiger partial charge in [-0.1, -0.05) is 27.2 Å². The Morgan fingerprint density at radius 2 is 1.71 bits per heavy atom. The van der Waals surface area contributed by atoms with Crippen LogP contribution in [0.4, 0.5) is 13.2 Å². The summed E-state index contributed by atoms with van der Waals surface area (Å²) < 4.78 is 37.9. The van der Waals surface area contributed by atoms with E-state index in [-0.39, 0.29) is 11.8 Å². The number of alkyl halides is 3. The van der Waals surface area contributed by atoms with Gasteiger partial charge in [0.1, 0.15) is 0 Å². The molecule has 0 aliphatic heterocycles. The average Bonchev–Trinajstić information content (AvgIpc) is 2.01. The standard InChI is InChI=1S/C11H19F3/c1-7(2)9-5-4-6-10(8(9)3)11(12,13)14/h7-10H,4-6H2,1-3H3. The van der Waals surface area contributed by atoms with Crippen molar-refractivity contribution in [2.75, 3.05) is 0 Å². The molecular weight excluding hydrogens is 189 g/mol. The van der Waals surface area contributed by atoms with E-state index in [0.29, 0.717) is 12.3 Å². The van der Waals surface area contributed by atoms with Crippen LogP contribution in [0.5, 0.6) is 0 Å². The normalized spacial score (nSPS) is 34.9. The van der Waals surface area contributed by atoms with Crippen molar-refractivity contribution in [1.82, 2.24) is 0 Å². The summed E-state index contributed by atoms with van der Waals surface area (Å²) in [7, 11) is 0. The van der Waals surface area contributed by atoms with E-state index in [1.165, 1.54) is 0 Å². The number of rotatable bonds is 1. The topological polar surface area (TPSA) is 0 Å². The lowest BCUT2D eigenvalue weighted by atomic mass is 9.68. The Balaban J connectivity index is 2.71. The quantitative estimate of drug-likeness (QED) is 0.604. The van der Waals surface area contributed by atoms with Gasteiger partial charge >= 0.3 is 6.18 Å². The van der Waals surface area contributed by atoms with Crippen LogP contribution >= 0.6 is 0 Å². The van der Waals surface area contributed by atoms with Gasteiger partial charge in [-0.2, -0.15) is 13.2 Å². The van der Waals surface area contributed by atoms with Crippen LogP contribution in [0.2, 0.25) is 0 Å². The van der Waals surface area contributed by atoms with Gasteiger partial charge in [-0.3, -0.25) is 0 Å². The fourth-order valence-corrected chi connectivity index (χ4v) is 2.80. The van der Waals surface area contributed by atoms with Crippen LogP contribution in [0.1, 0.15) is 40.0 Å². The molecule has 0 radical (unpaired) electrons. The first-order valence-electron chi connectivity index (χ1n) is 5.40. The molecule has 1 rings (SSSR count). The van der Waals surface area contributed by atoms with Crippen molar-refractivity contribution in [3.05, 3.63) is 0 Å². The molecule has 0 aromatic rings. The Morgan fingerprint density at radius 3 is 2.14 bits per heavy atom. The predicted molar refractivity (Wildman–Crippen MR) is 50.9 cm³/mol. The molecule has 0 amide bonds. The lowest BCUT2D eigenvalue weighted by Crippen LogP contribution is -2.37. The minimum atomic E-state index is -3.99. The van der Waals surface area contributed by atoms with E-state index >= 15 is 0 Å². The molecule has 3 heteroatoms. The molecule has 1 fully saturated rings. The first-order chi connectivity index (χ1) is 6.34. The van der Waals surface area contributed by atoms with Crippen molar-refractivity contribution in [2.24, 2.45) is 23.7 Å². The first kappa shape index (κ1) is 11.9. The van der Waals surface area contributed by atoms with Crippen molar-refractivity contribution >= 4 is 0 Å². The van der Waals surface area contributed by atoms with E-state index in [4.69, 9.17) is 0 Å². The Bertz CT molecular complexity index is 183. The lowest BCUT2D eigenvalue weighted by molar-refractivity contribution is -0.202. The van der Waals surface area contributed by atoms with Crippen LogP contribution in [-0.4, -0.2) is 6.18 Å². The second-order valence-electron chi connectivity index (χ2n) is 4.85. The van der Waals surface area contributed by atoms with Gasteiger partial charge in [0.15, 0.2) is 0 Å². The van der Waals surface area contributed by atoms with E-state index in [9.17, 15) is 13.2 Å². The lowest BCUT2D eigenvalue weighted by Gasteiger charge is -2.39. The summed E-state index contributed by atoms with van der Waals surface area (Å²) in [6, 6.07) is 0. The molecule has 84 valence electrons. The number of hydrogen-bond acceptors (Lipinski definition) is 0. The highest BCUT2D eigenvalue weighted by Gasteiger charge is 2.47. The molecule has 1 aliphatic carbocycles. The SMILES string of the molecule is CC(C)C1CCCC(C(F)(F)F)C1C. The highest BCUT2D eigenvalue weighted by molar-refractivity contribution is 4.84. The maximum atomic E-state index is 12.6. The van der Waals surface area contributed by atoms with Gasteiger partial charge in [0, 0.05) is 0 Å². The Hall–Kier alpha value is -0.210. The van der Waals surface area contributed by atoms with Gasteiger partial charge in [-0.05, 0) is 30.6 Å². The molecular formula is C11H19F3. The maximum Gasteiger partial charge on any atom is 0.392 e. The van der Waals surface area contributed by atoms with Crippen LogP contribution < -0.4 is 0 Å². The molecule has 14 heavy (non-hydrogen) atoms. The smallest absolute Gasteiger partial charge is 0.171 e. The summed E-state index contributed by atoms with van der Waals surface area (Å²) in [6.45, 7) is 5.82. The molecule has 0 spiro atoms. The van der Waals surface area contributed by atoms with Gasteiger partial charge < -0.3 is 0 Å². The van der Waals surface area contributed by atoms with Gasteiger partial charge in [0.25, 0.3) is 0 Å². The van der Waals surface area contributed by atoms with E-state index < -0.39 is 12.1 Å². The van der Waals surface area contributed by atoms with Crippen molar-refractivity contribution in [3.8, 4) is 0 Å². The van der Waals surface area contributed by atoms with Crippen molar-refractivity contribution < 1.29 is 13.2 Å². The number of halogens is 3. The zero-order valence-corrected chi connectivity index (χ0v) is 9.06. The summed E-state index contributed by atoms with van der Waals surface area (Å²) >= 11 is 0. The van der Waals surface area contributed by atoms with E-state index in [1.807, 2.05) is 13.8 Å². The van der Waals surface area contributed by atoms with Gasteiger partial charge in [0.2, 0.25) is 0 Å². The van der Waals surface area contributed by atoms with Crippen LogP contribution in [-0.2, 0) is 0 Å². The Morgan fingerprint density at radius 1 is 1.14 bits per heavy atom. The zero-order valence-electron chi connectivity index (χ0n) is 9.06. The number of hydrogen-bond donors (Lipinski definition) is 0. The van der Waals surface area contributed by atoms with Crippen LogP contribution in [0, 0.1) is 23.7 Å². The highest BCUT2D eigenvalue weighted by atomic mass is 19.4. The Kier molecular flexibility index (Phi) is 3.49. The molecule has 3 unspecified atom stereocenters. The Labute approximate surface area is 83.9 Å². The van der Waals surface area contributed by atoms with Crippen LogP contribution in [0.25, 0.3) is 0 Å². The predicted octanol–water partition coefficient (Wildman–Crippen LogP) is 4.26. The third kappa shape index (κ3) is 2.43. The molecule has 0 saturated heterocycles. The first-order valence-corrected chi connectivity index (χ1v) is 5.40. The molecule has 0 bridgehead atoms. The second kappa shape index (κ2) is 4.11. The summed E-state index contributed by atoms with van der Waals surface area (Å²) in [4.78, 5) is 0. The largest absolute Gasteiger partial charge is 0.392 e. The highest BCUT2D eigenvalue weighted by Crippen LogP contribution is 2.45. The van der Waals surface area contributed by atoms with Gasteiger partial charge in [-0.25, -0.2) is 0 Å². The van der Waals surface area contributed by atoms with Gasteiger partial charge in [-0.15, -0.1) is 0 Å². The van der Waals surface area contributed by atoms with Gasteiger partial charge in [0.05, 0.1) is 5.92 Å². The average molecular weight is 208 g/mol. The molecule has 0 heterocycles. The van der Waals surface area contributed by atoms with Crippen molar-refractivity contribution in [2.45, 2.75) is 46.2 Å². The maximum absolute atomic E-state index is 12.6. The zero-order chi connectivity index (χ0) is 10.9. The molecule has 0 N–H and O–H groups in total. The molecule has 1 aliphatic rings. The third-order valence-corrected chi connectivity index (χ3v) is 3.64. The van der Waals surface area contributed by atoms with E-state index in [0.717, 1.165) is 12.8 Å². The van der Waals surface area contributed by atoms with Crippen molar-refractivity contribution in [3.63, 3.8) is 0 Å². The summed E-state index contributed by atoms with van der Waals surface area (Å²) in [5.41, 5.74) is 0. The van der Waals surface area contributed by atoms with E-state index in [2.05, 4.69) is 0 Å². The van der Waals surface area contributed by atoms with E-state index in [1.54, 1.807) is 6.92 Å². The van der Waals surface area contributed by atoms with Crippen LogP contribution in [0.15, 0.2) is 0 Å². The molecule has 0 aromatic carbocycles. The summed E-state index contributed by atoms with van der Waals surface area (Å²) in [5.74, 6) is -0.655. The minimum absolute atomic E-state index is 0.205. The monoisotopic (exact) mass is 208 g/mol. The summed E-state index contributed by atoms with van der Waals surface area (Å²) in [6.07, 6.45) is -1.97. The summed E-state index contributed by atoms with van der Waals surface area (Å²) in [5, 5.41) is 0. The second-order valence-corrected chi connectivity index (χ2v) is 4.85. The fraction of sp³-hybridized carbons (Fsp3) is 1.00.